The van der Waals surface area contributed by atoms with Crippen molar-refractivity contribution in [3.63, 3.8) is 0 Å². The molecule has 2 N–H and O–H groups in total. The first-order chi connectivity index (χ1) is 5.67. The summed E-state index contributed by atoms with van der Waals surface area (Å²) < 4.78 is 0. The molecule has 0 amide bonds. The Labute approximate surface area is 71.8 Å². The van der Waals surface area contributed by atoms with E-state index >= 15 is 0 Å². The maximum absolute atomic E-state index is 11.7. The molecule has 2 heteroatoms. The molecule has 2 fully saturated rings. The lowest BCUT2D eigenvalue weighted by Gasteiger charge is -2.49. The van der Waals surface area contributed by atoms with Crippen LogP contribution in [0.1, 0.15) is 25.7 Å². The third-order valence-electron chi connectivity index (χ3n) is 3.60. The van der Waals surface area contributed by atoms with Gasteiger partial charge in [0.25, 0.3) is 0 Å². The molecular formula is C10H13NO. The van der Waals surface area contributed by atoms with Crippen molar-refractivity contribution in [1.29, 1.82) is 0 Å². The summed E-state index contributed by atoms with van der Waals surface area (Å²) in [6.07, 6.45) is 6.30. The van der Waals surface area contributed by atoms with Crippen molar-refractivity contribution in [3.8, 4) is 0 Å². The number of carbonyl (C=O) groups is 1. The maximum Gasteiger partial charge on any atom is 0.178 e. The summed E-state index contributed by atoms with van der Waals surface area (Å²) >= 11 is 0. The molecule has 12 heavy (non-hydrogen) atoms. The molecule has 3 unspecified atom stereocenters. The predicted molar refractivity (Wildman–Crippen MR) is 45.5 cm³/mol. The Morgan fingerprint density at radius 2 is 2.33 bits per heavy atom. The fourth-order valence-electron chi connectivity index (χ4n) is 3.28. The van der Waals surface area contributed by atoms with Crippen molar-refractivity contribution in [2.45, 2.75) is 31.2 Å². The van der Waals surface area contributed by atoms with Gasteiger partial charge < -0.3 is 5.73 Å². The molecule has 0 radical (unpaired) electrons. The summed E-state index contributed by atoms with van der Waals surface area (Å²) in [5.74, 6) is 1.58. The van der Waals surface area contributed by atoms with Gasteiger partial charge in [-0.05, 0) is 43.1 Å². The normalized spacial score (nSPS) is 49.8. The van der Waals surface area contributed by atoms with Crippen LogP contribution in [0.4, 0.5) is 0 Å². The number of allylic oxidation sites excluding steroid dienone is 1. The van der Waals surface area contributed by atoms with Gasteiger partial charge in [0.05, 0.1) is 5.54 Å². The van der Waals surface area contributed by atoms with Gasteiger partial charge in [-0.15, -0.1) is 0 Å². The Balaban J connectivity index is 2.15. The van der Waals surface area contributed by atoms with Crippen molar-refractivity contribution in [2.75, 3.05) is 0 Å². The molecule has 2 saturated carbocycles. The molecule has 0 heterocycles. The topological polar surface area (TPSA) is 43.1 Å². The van der Waals surface area contributed by atoms with E-state index in [1.54, 1.807) is 0 Å². The highest BCUT2D eigenvalue weighted by molar-refractivity contribution is 6.04. The van der Waals surface area contributed by atoms with E-state index in [1.165, 1.54) is 6.42 Å². The van der Waals surface area contributed by atoms with Gasteiger partial charge in [0, 0.05) is 0 Å². The minimum Gasteiger partial charge on any atom is -0.319 e. The average Bonchev–Trinajstić information content (AvgIpc) is 1.98. The molecule has 0 spiro atoms. The molecule has 3 atom stereocenters. The summed E-state index contributed by atoms with van der Waals surface area (Å²) in [6, 6.07) is 0. The third kappa shape index (κ3) is 0.667. The highest BCUT2D eigenvalue weighted by Gasteiger charge is 2.50. The van der Waals surface area contributed by atoms with Crippen molar-refractivity contribution < 1.29 is 4.79 Å². The van der Waals surface area contributed by atoms with Crippen LogP contribution in [-0.4, -0.2) is 11.3 Å². The van der Waals surface area contributed by atoms with Gasteiger partial charge in [-0.25, -0.2) is 0 Å². The number of hydrogen-bond acceptors (Lipinski definition) is 2. The van der Waals surface area contributed by atoms with Crippen LogP contribution in [0.2, 0.25) is 0 Å². The van der Waals surface area contributed by atoms with Gasteiger partial charge in [0.2, 0.25) is 0 Å². The molecule has 4 aliphatic rings. The van der Waals surface area contributed by atoms with Gasteiger partial charge in [-0.1, -0.05) is 6.08 Å². The lowest BCUT2D eigenvalue weighted by atomic mass is 9.57. The lowest BCUT2D eigenvalue weighted by molar-refractivity contribution is -0.126. The fraction of sp³-hybridized carbons (Fsp3) is 0.700. The molecular weight excluding hydrogens is 150 g/mol. The summed E-state index contributed by atoms with van der Waals surface area (Å²) in [5.41, 5.74) is 6.66. The Morgan fingerprint density at radius 3 is 3.00 bits per heavy atom. The van der Waals surface area contributed by atoms with Crippen LogP contribution in [0.3, 0.4) is 0 Å². The van der Waals surface area contributed by atoms with E-state index < -0.39 is 5.54 Å². The molecule has 0 aromatic carbocycles. The summed E-state index contributed by atoms with van der Waals surface area (Å²) in [4.78, 5) is 11.7. The van der Waals surface area contributed by atoms with E-state index in [1.807, 2.05) is 0 Å². The van der Waals surface area contributed by atoms with Gasteiger partial charge in [0.15, 0.2) is 5.78 Å². The molecule has 4 bridgehead atoms. The zero-order valence-corrected chi connectivity index (χ0v) is 7.05. The summed E-state index contributed by atoms with van der Waals surface area (Å²) in [6.45, 7) is 0. The first kappa shape index (κ1) is 6.84. The lowest BCUT2D eigenvalue weighted by Crippen LogP contribution is -2.59. The molecule has 0 aromatic rings. The Bertz CT molecular complexity index is 294. The molecule has 64 valence electrons. The zero-order valence-electron chi connectivity index (χ0n) is 7.05. The van der Waals surface area contributed by atoms with Crippen LogP contribution in [0.5, 0.6) is 0 Å². The SMILES string of the molecule is NC12CC3C=C(CC(C3)C1)C2=O. The Morgan fingerprint density at radius 1 is 1.50 bits per heavy atom. The van der Waals surface area contributed by atoms with Crippen LogP contribution >= 0.6 is 0 Å². The van der Waals surface area contributed by atoms with E-state index in [4.69, 9.17) is 5.73 Å². The molecule has 0 aliphatic heterocycles. The molecule has 4 aliphatic carbocycles. The van der Waals surface area contributed by atoms with Crippen LogP contribution in [0.15, 0.2) is 11.6 Å². The monoisotopic (exact) mass is 163 g/mol. The number of carbonyl (C=O) groups excluding carboxylic acids is 1. The average molecular weight is 163 g/mol. The quantitative estimate of drug-likeness (QED) is 0.579. The number of ketones is 1. The van der Waals surface area contributed by atoms with E-state index in [2.05, 4.69) is 6.08 Å². The predicted octanol–water partition coefficient (Wildman–Crippen LogP) is 1.01. The van der Waals surface area contributed by atoms with Crippen LogP contribution in [-0.2, 0) is 4.79 Å². The zero-order chi connectivity index (χ0) is 8.34. The molecule has 4 rings (SSSR count). The van der Waals surface area contributed by atoms with Crippen molar-refractivity contribution in [3.05, 3.63) is 11.6 Å². The highest BCUT2D eigenvalue weighted by Crippen LogP contribution is 2.49. The van der Waals surface area contributed by atoms with Crippen LogP contribution in [0.25, 0.3) is 0 Å². The van der Waals surface area contributed by atoms with Gasteiger partial charge >= 0.3 is 0 Å². The largest absolute Gasteiger partial charge is 0.319 e. The standard InChI is InChI=1S/C10H13NO/c11-10-4-6-1-7(5-10)3-8(2-6)9(10)12/h2,6-7H,1,3-5,11H2. The highest BCUT2D eigenvalue weighted by atomic mass is 16.1. The minimum atomic E-state index is -0.448. The second-order valence-corrected chi connectivity index (χ2v) is 4.65. The first-order valence-corrected chi connectivity index (χ1v) is 4.72. The number of hydrogen-bond donors (Lipinski definition) is 1. The van der Waals surface area contributed by atoms with Crippen molar-refractivity contribution in [2.24, 2.45) is 17.6 Å². The van der Waals surface area contributed by atoms with E-state index in [-0.39, 0.29) is 5.78 Å². The third-order valence-corrected chi connectivity index (χ3v) is 3.60. The Kier molecular flexibility index (Phi) is 1.04. The van der Waals surface area contributed by atoms with Crippen LogP contribution < -0.4 is 5.73 Å². The minimum absolute atomic E-state index is 0.245. The van der Waals surface area contributed by atoms with E-state index in [0.29, 0.717) is 11.8 Å². The van der Waals surface area contributed by atoms with Crippen molar-refractivity contribution >= 4 is 5.78 Å². The maximum atomic E-state index is 11.7. The van der Waals surface area contributed by atoms with Gasteiger partial charge in [0.1, 0.15) is 0 Å². The first-order valence-electron chi connectivity index (χ1n) is 4.72. The Hall–Kier alpha value is -0.630. The van der Waals surface area contributed by atoms with Crippen molar-refractivity contribution in [1.82, 2.24) is 0 Å². The van der Waals surface area contributed by atoms with E-state index in [0.717, 1.165) is 24.8 Å². The number of rotatable bonds is 0. The second-order valence-electron chi connectivity index (χ2n) is 4.65. The number of nitrogens with two attached hydrogens (primary N) is 1. The summed E-state index contributed by atoms with van der Waals surface area (Å²) in [7, 11) is 0. The van der Waals surface area contributed by atoms with Crippen LogP contribution in [0, 0.1) is 11.8 Å². The van der Waals surface area contributed by atoms with Gasteiger partial charge in [-0.3, -0.25) is 4.79 Å². The summed E-state index contributed by atoms with van der Waals surface area (Å²) in [5, 5.41) is 0. The molecule has 0 aromatic heterocycles. The number of Topliss-reactive ketones (excluding diaryl/α,β-unsaturated/α-hetero) is 1. The van der Waals surface area contributed by atoms with Gasteiger partial charge in [-0.2, -0.15) is 0 Å². The smallest absolute Gasteiger partial charge is 0.178 e. The van der Waals surface area contributed by atoms with E-state index in [9.17, 15) is 4.79 Å². The molecule has 2 nitrogen and oxygen atoms in total. The second kappa shape index (κ2) is 1.82. The fourth-order valence-corrected chi connectivity index (χ4v) is 3.28. The molecule has 0 saturated heterocycles.